The fraction of sp³-hybridized carbons (Fsp3) is 0.267. The molecule has 0 bridgehead atoms. The number of carbonyl (C=O) groups is 1. The molecule has 2 atom stereocenters. The molecule has 3 N–H and O–H groups in total. The summed E-state index contributed by atoms with van der Waals surface area (Å²) in [6, 6.07) is 13.7. The van der Waals surface area contributed by atoms with Gasteiger partial charge in [-0.25, -0.2) is 0 Å². The van der Waals surface area contributed by atoms with E-state index in [1.165, 1.54) is 0 Å². The largest absolute Gasteiger partial charge is 0.481 e. The number of carboxylic acids is 1. The lowest BCUT2D eigenvalue weighted by Gasteiger charge is -2.21. The standard InChI is InChI=1S/C15H17NO2/c1-10(16)14(9-15(17)18)13-8-4-6-11-5-2-3-7-12(11)13/h2-8,10,14H,9,16H2,1H3,(H,17,18). The topological polar surface area (TPSA) is 63.3 Å². The van der Waals surface area contributed by atoms with Gasteiger partial charge in [-0.1, -0.05) is 42.5 Å². The van der Waals surface area contributed by atoms with E-state index in [1.54, 1.807) is 0 Å². The van der Waals surface area contributed by atoms with Crippen molar-refractivity contribution in [2.45, 2.75) is 25.3 Å². The highest BCUT2D eigenvalue weighted by atomic mass is 16.4. The monoisotopic (exact) mass is 243 g/mol. The summed E-state index contributed by atoms with van der Waals surface area (Å²) >= 11 is 0. The number of benzene rings is 2. The summed E-state index contributed by atoms with van der Waals surface area (Å²) < 4.78 is 0. The molecule has 2 rings (SSSR count). The van der Waals surface area contributed by atoms with Crippen molar-refractivity contribution in [3.05, 3.63) is 48.0 Å². The van der Waals surface area contributed by atoms with Crippen LogP contribution in [0, 0.1) is 0 Å². The smallest absolute Gasteiger partial charge is 0.304 e. The van der Waals surface area contributed by atoms with Crippen LogP contribution in [-0.2, 0) is 4.79 Å². The normalized spacial score (nSPS) is 14.3. The van der Waals surface area contributed by atoms with E-state index in [-0.39, 0.29) is 18.4 Å². The Bertz CT molecular complexity index is 558. The number of hydrogen-bond donors (Lipinski definition) is 2. The average molecular weight is 243 g/mol. The minimum Gasteiger partial charge on any atom is -0.481 e. The van der Waals surface area contributed by atoms with Gasteiger partial charge in [0.15, 0.2) is 0 Å². The van der Waals surface area contributed by atoms with E-state index in [0.29, 0.717) is 0 Å². The second-order valence-corrected chi connectivity index (χ2v) is 4.63. The van der Waals surface area contributed by atoms with E-state index in [2.05, 4.69) is 0 Å². The first-order valence-corrected chi connectivity index (χ1v) is 6.04. The van der Waals surface area contributed by atoms with Crippen LogP contribution in [0.3, 0.4) is 0 Å². The summed E-state index contributed by atoms with van der Waals surface area (Å²) in [5.41, 5.74) is 6.96. The predicted octanol–water partition coefficient (Wildman–Crippen LogP) is 2.75. The van der Waals surface area contributed by atoms with Gasteiger partial charge < -0.3 is 10.8 Å². The first-order valence-electron chi connectivity index (χ1n) is 6.04. The van der Waals surface area contributed by atoms with Crippen LogP contribution in [0.4, 0.5) is 0 Å². The van der Waals surface area contributed by atoms with Crippen molar-refractivity contribution in [2.75, 3.05) is 0 Å². The third-order valence-corrected chi connectivity index (χ3v) is 3.25. The van der Waals surface area contributed by atoms with Gasteiger partial charge >= 0.3 is 5.97 Å². The number of aliphatic carboxylic acids is 1. The zero-order valence-electron chi connectivity index (χ0n) is 10.3. The van der Waals surface area contributed by atoms with E-state index in [1.807, 2.05) is 49.4 Å². The maximum absolute atomic E-state index is 11.0. The Kier molecular flexibility index (Phi) is 3.63. The van der Waals surface area contributed by atoms with Gasteiger partial charge in [0.2, 0.25) is 0 Å². The molecule has 0 heterocycles. The van der Waals surface area contributed by atoms with Gasteiger partial charge in [-0.3, -0.25) is 4.79 Å². The highest BCUT2D eigenvalue weighted by Crippen LogP contribution is 2.29. The van der Waals surface area contributed by atoms with Crippen molar-refractivity contribution in [1.29, 1.82) is 0 Å². The van der Waals surface area contributed by atoms with Gasteiger partial charge in [-0.15, -0.1) is 0 Å². The first-order chi connectivity index (χ1) is 8.59. The molecule has 94 valence electrons. The minimum atomic E-state index is -0.815. The van der Waals surface area contributed by atoms with Crippen molar-refractivity contribution >= 4 is 16.7 Å². The van der Waals surface area contributed by atoms with E-state index >= 15 is 0 Å². The Morgan fingerprint density at radius 3 is 2.56 bits per heavy atom. The Hall–Kier alpha value is -1.87. The highest BCUT2D eigenvalue weighted by Gasteiger charge is 2.21. The van der Waals surface area contributed by atoms with Gasteiger partial charge in [0, 0.05) is 12.0 Å². The van der Waals surface area contributed by atoms with Crippen LogP contribution in [0.2, 0.25) is 0 Å². The number of carboxylic acid groups (broad SMARTS) is 1. The molecule has 0 saturated heterocycles. The maximum Gasteiger partial charge on any atom is 0.304 e. The molecule has 0 fully saturated rings. The van der Waals surface area contributed by atoms with Crippen molar-refractivity contribution in [2.24, 2.45) is 5.73 Å². The molecule has 2 unspecified atom stereocenters. The van der Waals surface area contributed by atoms with Crippen molar-refractivity contribution in [3.63, 3.8) is 0 Å². The van der Waals surface area contributed by atoms with Gasteiger partial charge in [0.25, 0.3) is 0 Å². The third-order valence-electron chi connectivity index (χ3n) is 3.25. The SMILES string of the molecule is CC(N)C(CC(=O)O)c1cccc2ccccc12. The van der Waals surface area contributed by atoms with Gasteiger partial charge in [0.1, 0.15) is 0 Å². The van der Waals surface area contributed by atoms with Crippen molar-refractivity contribution in [1.82, 2.24) is 0 Å². The van der Waals surface area contributed by atoms with E-state index in [0.717, 1.165) is 16.3 Å². The second-order valence-electron chi connectivity index (χ2n) is 4.63. The molecule has 18 heavy (non-hydrogen) atoms. The van der Waals surface area contributed by atoms with Gasteiger partial charge in [0.05, 0.1) is 6.42 Å². The van der Waals surface area contributed by atoms with Gasteiger partial charge in [-0.05, 0) is 23.3 Å². The summed E-state index contributed by atoms with van der Waals surface area (Å²) in [5.74, 6) is -0.973. The molecule has 0 spiro atoms. The molecule has 2 aromatic carbocycles. The number of nitrogens with two attached hydrogens (primary N) is 1. The Morgan fingerprint density at radius 1 is 1.22 bits per heavy atom. The first kappa shape index (κ1) is 12.6. The Balaban J connectivity index is 2.53. The number of fused-ring (bicyclic) bond motifs is 1. The quantitative estimate of drug-likeness (QED) is 0.867. The lowest BCUT2D eigenvalue weighted by Crippen LogP contribution is -2.27. The van der Waals surface area contributed by atoms with Crippen LogP contribution >= 0.6 is 0 Å². The molecule has 3 heteroatoms. The lowest BCUT2D eigenvalue weighted by atomic mass is 9.86. The molecule has 0 aromatic heterocycles. The van der Waals surface area contributed by atoms with Crippen LogP contribution in [0.15, 0.2) is 42.5 Å². The number of rotatable bonds is 4. The number of hydrogen-bond acceptors (Lipinski definition) is 2. The van der Waals surface area contributed by atoms with Crippen LogP contribution in [0.1, 0.15) is 24.8 Å². The molecule has 0 aliphatic heterocycles. The minimum absolute atomic E-state index is 0.0612. The Morgan fingerprint density at radius 2 is 1.89 bits per heavy atom. The predicted molar refractivity (Wildman–Crippen MR) is 72.6 cm³/mol. The van der Waals surface area contributed by atoms with E-state index in [4.69, 9.17) is 10.8 Å². The molecule has 0 aliphatic carbocycles. The van der Waals surface area contributed by atoms with E-state index in [9.17, 15) is 4.79 Å². The van der Waals surface area contributed by atoms with Crippen LogP contribution < -0.4 is 5.73 Å². The molecule has 2 aromatic rings. The van der Waals surface area contributed by atoms with Crippen LogP contribution in [0.5, 0.6) is 0 Å². The molecular formula is C15H17NO2. The molecule has 0 aliphatic rings. The van der Waals surface area contributed by atoms with Crippen LogP contribution in [0.25, 0.3) is 10.8 Å². The summed E-state index contributed by atoms with van der Waals surface area (Å²) in [4.78, 5) is 11.0. The molecule has 3 nitrogen and oxygen atoms in total. The maximum atomic E-state index is 11.0. The molecular weight excluding hydrogens is 226 g/mol. The third kappa shape index (κ3) is 2.51. The molecule has 0 radical (unpaired) electrons. The van der Waals surface area contributed by atoms with Crippen molar-refractivity contribution in [3.8, 4) is 0 Å². The van der Waals surface area contributed by atoms with Crippen molar-refractivity contribution < 1.29 is 9.90 Å². The second kappa shape index (κ2) is 5.19. The molecule has 0 amide bonds. The van der Waals surface area contributed by atoms with Gasteiger partial charge in [-0.2, -0.15) is 0 Å². The molecule has 0 saturated carbocycles. The summed E-state index contributed by atoms with van der Waals surface area (Å²) in [7, 11) is 0. The lowest BCUT2D eigenvalue weighted by molar-refractivity contribution is -0.137. The zero-order valence-corrected chi connectivity index (χ0v) is 10.3. The zero-order chi connectivity index (χ0) is 13.1. The van der Waals surface area contributed by atoms with Crippen LogP contribution in [-0.4, -0.2) is 17.1 Å². The fourth-order valence-electron chi connectivity index (χ4n) is 2.34. The van der Waals surface area contributed by atoms with E-state index < -0.39 is 5.97 Å². The average Bonchev–Trinajstić information content (AvgIpc) is 2.35. The highest BCUT2D eigenvalue weighted by molar-refractivity contribution is 5.86. The summed E-state index contributed by atoms with van der Waals surface area (Å²) in [6.07, 6.45) is 0.0612. The summed E-state index contributed by atoms with van der Waals surface area (Å²) in [5, 5.41) is 11.2. The fourth-order valence-corrected chi connectivity index (χ4v) is 2.34. The summed E-state index contributed by atoms with van der Waals surface area (Å²) in [6.45, 7) is 1.86. The Labute approximate surface area is 106 Å².